The number of nitrogens with one attached hydrogen (secondary N) is 1. The Hall–Kier alpha value is -2.05. The Bertz CT molecular complexity index is 777. The standard InChI is InChI=1S/C16H17F3N2O3S/c1-2-8-20-15(22)12-6-9-21(10-7-12)25(23,24)14-5-3-4-13(11-14)16(17,18)19/h1,3-5,11-12H,6-10H2,(H,20,22). The summed E-state index contributed by atoms with van der Waals surface area (Å²) in [6.45, 7) is 0.223. The van der Waals surface area contributed by atoms with E-state index in [1.165, 1.54) is 0 Å². The van der Waals surface area contributed by atoms with E-state index in [0.717, 1.165) is 22.5 Å². The molecule has 0 bridgehead atoms. The third-order valence-corrected chi connectivity index (χ3v) is 5.88. The van der Waals surface area contributed by atoms with Crippen molar-refractivity contribution in [2.45, 2.75) is 23.9 Å². The van der Waals surface area contributed by atoms with Gasteiger partial charge in [-0.3, -0.25) is 4.79 Å². The third-order valence-electron chi connectivity index (χ3n) is 3.99. The summed E-state index contributed by atoms with van der Waals surface area (Å²) in [6.07, 6.45) is 1.02. The fraction of sp³-hybridized carbons (Fsp3) is 0.438. The van der Waals surface area contributed by atoms with Gasteiger partial charge < -0.3 is 5.32 Å². The van der Waals surface area contributed by atoms with Gasteiger partial charge in [-0.15, -0.1) is 6.42 Å². The Morgan fingerprint density at radius 3 is 2.52 bits per heavy atom. The van der Waals surface area contributed by atoms with E-state index in [-0.39, 0.29) is 44.3 Å². The van der Waals surface area contributed by atoms with Crippen molar-refractivity contribution in [3.63, 3.8) is 0 Å². The highest BCUT2D eigenvalue weighted by Crippen LogP contribution is 2.32. The Morgan fingerprint density at radius 1 is 1.32 bits per heavy atom. The summed E-state index contributed by atoms with van der Waals surface area (Å²) in [7, 11) is -4.04. The minimum Gasteiger partial charge on any atom is -0.345 e. The topological polar surface area (TPSA) is 66.5 Å². The number of hydrogen-bond donors (Lipinski definition) is 1. The molecule has 2 rings (SSSR count). The summed E-state index contributed by atoms with van der Waals surface area (Å²) in [4.78, 5) is 11.4. The van der Waals surface area contributed by atoms with Crippen molar-refractivity contribution >= 4 is 15.9 Å². The van der Waals surface area contributed by atoms with Gasteiger partial charge in [0.15, 0.2) is 0 Å². The molecule has 0 unspecified atom stereocenters. The fourth-order valence-electron chi connectivity index (χ4n) is 2.62. The molecule has 25 heavy (non-hydrogen) atoms. The average Bonchev–Trinajstić information content (AvgIpc) is 2.59. The second kappa shape index (κ2) is 7.45. The summed E-state index contributed by atoms with van der Waals surface area (Å²) in [5.41, 5.74) is -1.02. The van der Waals surface area contributed by atoms with E-state index in [1.54, 1.807) is 0 Å². The molecule has 1 aromatic carbocycles. The van der Waals surface area contributed by atoms with E-state index in [0.29, 0.717) is 6.07 Å². The molecule has 1 fully saturated rings. The summed E-state index contributed by atoms with van der Waals surface area (Å²) < 4.78 is 64.5. The van der Waals surface area contributed by atoms with Crippen molar-refractivity contribution in [1.82, 2.24) is 9.62 Å². The van der Waals surface area contributed by atoms with Crippen LogP contribution in [0.1, 0.15) is 18.4 Å². The highest BCUT2D eigenvalue weighted by molar-refractivity contribution is 7.89. The number of hydrogen-bond acceptors (Lipinski definition) is 3. The SMILES string of the molecule is C#CCNC(=O)C1CCN(S(=O)(=O)c2cccc(C(F)(F)F)c2)CC1. The van der Waals surface area contributed by atoms with E-state index in [2.05, 4.69) is 11.2 Å². The number of terminal acetylenes is 1. The molecule has 0 atom stereocenters. The highest BCUT2D eigenvalue weighted by Gasteiger charge is 2.35. The van der Waals surface area contributed by atoms with E-state index < -0.39 is 26.7 Å². The minimum absolute atomic E-state index is 0.0622. The number of nitrogens with zero attached hydrogens (tertiary/aromatic N) is 1. The smallest absolute Gasteiger partial charge is 0.345 e. The first kappa shape index (κ1) is 19.3. The molecule has 0 aromatic heterocycles. The van der Waals surface area contributed by atoms with E-state index in [1.807, 2.05) is 0 Å². The lowest BCUT2D eigenvalue weighted by Crippen LogP contribution is -2.43. The minimum atomic E-state index is -4.62. The first-order valence-corrected chi connectivity index (χ1v) is 8.99. The van der Waals surface area contributed by atoms with Crippen LogP contribution in [0, 0.1) is 18.3 Å². The zero-order chi connectivity index (χ0) is 18.7. The van der Waals surface area contributed by atoms with Crippen LogP contribution in [0.3, 0.4) is 0 Å². The number of carbonyl (C=O) groups excluding carboxylic acids is 1. The predicted octanol–water partition coefficient (Wildman–Crippen LogP) is 1.86. The van der Waals surface area contributed by atoms with E-state index in [4.69, 9.17) is 6.42 Å². The van der Waals surface area contributed by atoms with Crippen LogP contribution in [-0.2, 0) is 21.0 Å². The second-order valence-corrected chi connectivity index (χ2v) is 7.56. The summed E-state index contributed by atoms with van der Waals surface area (Å²) in [5, 5.41) is 2.54. The van der Waals surface area contributed by atoms with Crippen molar-refractivity contribution in [2.24, 2.45) is 5.92 Å². The maximum Gasteiger partial charge on any atom is 0.416 e. The molecule has 1 aliphatic rings. The Kier molecular flexibility index (Phi) is 5.75. The normalized spacial score (nSPS) is 17.0. The quantitative estimate of drug-likeness (QED) is 0.818. The number of alkyl halides is 3. The van der Waals surface area contributed by atoms with Crippen LogP contribution in [0.4, 0.5) is 13.2 Å². The van der Waals surface area contributed by atoms with Crippen LogP contribution in [-0.4, -0.2) is 38.3 Å². The Labute approximate surface area is 144 Å². The van der Waals surface area contributed by atoms with Gasteiger partial charge in [-0.25, -0.2) is 8.42 Å². The highest BCUT2D eigenvalue weighted by atomic mass is 32.2. The number of amides is 1. The molecule has 0 saturated carbocycles. The number of halogens is 3. The van der Waals surface area contributed by atoms with Gasteiger partial charge in [0, 0.05) is 19.0 Å². The molecular weight excluding hydrogens is 357 g/mol. The molecule has 0 aliphatic carbocycles. The first-order chi connectivity index (χ1) is 11.7. The average molecular weight is 374 g/mol. The zero-order valence-electron chi connectivity index (χ0n) is 13.2. The predicted molar refractivity (Wildman–Crippen MR) is 84.8 cm³/mol. The number of sulfonamides is 1. The lowest BCUT2D eigenvalue weighted by Gasteiger charge is -2.30. The van der Waals surface area contributed by atoms with Crippen LogP contribution < -0.4 is 5.32 Å². The summed E-state index contributed by atoms with van der Waals surface area (Å²) in [6, 6.07) is 3.65. The van der Waals surface area contributed by atoms with Crippen LogP contribution in [0.25, 0.3) is 0 Å². The number of piperidine rings is 1. The van der Waals surface area contributed by atoms with Gasteiger partial charge in [0.2, 0.25) is 15.9 Å². The molecule has 136 valence electrons. The largest absolute Gasteiger partial charge is 0.416 e. The van der Waals surface area contributed by atoms with Gasteiger partial charge in [0.1, 0.15) is 0 Å². The van der Waals surface area contributed by atoms with Crippen molar-refractivity contribution in [3.8, 4) is 12.3 Å². The molecule has 1 aromatic rings. The van der Waals surface area contributed by atoms with Crippen LogP contribution >= 0.6 is 0 Å². The molecular formula is C16H17F3N2O3S. The van der Waals surface area contributed by atoms with Crippen molar-refractivity contribution < 1.29 is 26.4 Å². The van der Waals surface area contributed by atoms with Gasteiger partial charge in [-0.2, -0.15) is 17.5 Å². The molecule has 1 aliphatic heterocycles. The molecule has 5 nitrogen and oxygen atoms in total. The molecule has 0 spiro atoms. The van der Waals surface area contributed by atoms with Crippen molar-refractivity contribution in [2.75, 3.05) is 19.6 Å². The van der Waals surface area contributed by atoms with Crippen molar-refractivity contribution in [1.29, 1.82) is 0 Å². The number of carbonyl (C=O) groups is 1. The molecule has 0 radical (unpaired) electrons. The maximum atomic E-state index is 12.8. The Balaban J connectivity index is 2.10. The molecule has 1 saturated heterocycles. The lowest BCUT2D eigenvalue weighted by atomic mass is 9.97. The first-order valence-electron chi connectivity index (χ1n) is 7.55. The van der Waals surface area contributed by atoms with Crippen LogP contribution in [0.5, 0.6) is 0 Å². The molecule has 1 heterocycles. The van der Waals surface area contributed by atoms with E-state index >= 15 is 0 Å². The van der Waals surface area contributed by atoms with Gasteiger partial charge in [-0.05, 0) is 31.0 Å². The van der Waals surface area contributed by atoms with Gasteiger partial charge in [0.25, 0.3) is 0 Å². The monoisotopic (exact) mass is 374 g/mol. The Morgan fingerprint density at radius 2 is 1.96 bits per heavy atom. The molecule has 9 heteroatoms. The summed E-state index contributed by atoms with van der Waals surface area (Å²) >= 11 is 0. The van der Waals surface area contributed by atoms with Crippen LogP contribution in [0.2, 0.25) is 0 Å². The number of rotatable bonds is 4. The molecule has 1 N–H and O–H groups in total. The summed E-state index contributed by atoms with van der Waals surface area (Å²) in [5.74, 6) is 1.68. The second-order valence-electron chi connectivity index (χ2n) is 5.63. The van der Waals surface area contributed by atoms with Gasteiger partial charge >= 0.3 is 6.18 Å². The van der Waals surface area contributed by atoms with Crippen LogP contribution in [0.15, 0.2) is 29.2 Å². The number of benzene rings is 1. The van der Waals surface area contributed by atoms with E-state index in [9.17, 15) is 26.4 Å². The maximum absolute atomic E-state index is 12.8. The zero-order valence-corrected chi connectivity index (χ0v) is 14.0. The molecule has 1 amide bonds. The van der Waals surface area contributed by atoms with Gasteiger partial charge in [0.05, 0.1) is 17.0 Å². The lowest BCUT2D eigenvalue weighted by molar-refractivity contribution is -0.137. The fourth-order valence-corrected chi connectivity index (χ4v) is 4.14. The third kappa shape index (κ3) is 4.52. The van der Waals surface area contributed by atoms with Gasteiger partial charge in [-0.1, -0.05) is 12.0 Å². The van der Waals surface area contributed by atoms with Crippen molar-refractivity contribution in [3.05, 3.63) is 29.8 Å².